The van der Waals surface area contributed by atoms with E-state index in [1.807, 2.05) is 20.8 Å². The molecule has 0 fully saturated rings. The van der Waals surface area contributed by atoms with Crippen molar-refractivity contribution in [3.05, 3.63) is 46.3 Å². The summed E-state index contributed by atoms with van der Waals surface area (Å²) in [5.41, 5.74) is 5.69. The van der Waals surface area contributed by atoms with E-state index in [4.69, 9.17) is 5.73 Å². The molecule has 0 radical (unpaired) electrons. The fourth-order valence-electron chi connectivity index (χ4n) is 2.00. The summed E-state index contributed by atoms with van der Waals surface area (Å²) in [6.45, 7) is 6.08. The van der Waals surface area contributed by atoms with Crippen LogP contribution in [0.3, 0.4) is 0 Å². The maximum absolute atomic E-state index is 12.4. The van der Waals surface area contributed by atoms with Crippen LogP contribution in [0.2, 0.25) is 0 Å². The molecule has 0 aliphatic carbocycles. The number of benzene rings is 1. The number of nitrogens with zero attached hydrogens (tertiary/aromatic N) is 4. The summed E-state index contributed by atoms with van der Waals surface area (Å²) in [7, 11) is 0. The van der Waals surface area contributed by atoms with Crippen LogP contribution in [0.1, 0.15) is 31.3 Å². The SMILES string of the molecule is CC(C)C(C)(CN)NC(=O)c1cn(-c2cccc([N+](=O)[O-])c2)nn1. The average molecular weight is 332 g/mol. The molecule has 0 aliphatic rings. The number of aromatic nitrogens is 3. The number of nitro groups is 1. The van der Waals surface area contributed by atoms with E-state index in [2.05, 4.69) is 15.6 Å². The zero-order chi connectivity index (χ0) is 17.9. The van der Waals surface area contributed by atoms with Crippen molar-refractivity contribution in [2.75, 3.05) is 6.54 Å². The molecule has 1 aromatic heterocycles. The van der Waals surface area contributed by atoms with E-state index in [9.17, 15) is 14.9 Å². The van der Waals surface area contributed by atoms with Gasteiger partial charge < -0.3 is 11.1 Å². The van der Waals surface area contributed by atoms with Crippen LogP contribution in [0, 0.1) is 16.0 Å². The first-order chi connectivity index (χ1) is 11.3. The smallest absolute Gasteiger partial charge is 0.273 e. The van der Waals surface area contributed by atoms with E-state index in [0.29, 0.717) is 5.69 Å². The number of carbonyl (C=O) groups is 1. The topological polar surface area (TPSA) is 129 Å². The third kappa shape index (κ3) is 3.57. The number of nitrogens with one attached hydrogen (secondary N) is 1. The molecule has 0 saturated carbocycles. The first-order valence-electron chi connectivity index (χ1n) is 7.46. The van der Waals surface area contributed by atoms with Gasteiger partial charge in [-0.25, -0.2) is 4.68 Å². The summed E-state index contributed by atoms with van der Waals surface area (Å²) in [4.78, 5) is 22.7. The van der Waals surface area contributed by atoms with Gasteiger partial charge in [0, 0.05) is 18.7 Å². The normalized spacial score (nSPS) is 13.5. The molecule has 24 heavy (non-hydrogen) atoms. The number of amides is 1. The van der Waals surface area contributed by atoms with Crippen LogP contribution in [0.15, 0.2) is 30.5 Å². The van der Waals surface area contributed by atoms with Gasteiger partial charge in [-0.3, -0.25) is 14.9 Å². The van der Waals surface area contributed by atoms with Gasteiger partial charge in [0.25, 0.3) is 11.6 Å². The van der Waals surface area contributed by atoms with Gasteiger partial charge in [0.15, 0.2) is 5.69 Å². The lowest BCUT2D eigenvalue weighted by atomic mass is 9.88. The van der Waals surface area contributed by atoms with Crippen molar-refractivity contribution in [1.29, 1.82) is 0 Å². The monoisotopic (exact) mass is 332 g/mol. The molecule has 9 heteroatoms. The molecule has 1 heterocycles. The van der Waals surface area contributed by atoms with Crippen LogP contribution in [0.4, 0.5) is 5.69 Å². The minimum atomic E-state index is -0.563. The van der Waals surface area contributed by atoms with Gasteiger partial charge in [-0.2, -0.15) is 0 Å². The molecule has 1 amide bonds. The molecule has 1 aromatic carbocycles. The number of rotatable bonds is 6. The molecule has 0 aliphatic heterocycles. The minimum absolute atomic E-state index is 0.0653. The molecule has 0 bridgehead atoms. The Kier molecular flexibility index (Phi) is 4.93. The zero-order valence-corrected chi connectivity index (χ0v) is 13.8. The van der Waals surface area contributed by atoms with Crippen LogP contribution in [-0.4, -0.2) is 37.9 Å². The zero-order valence-electron chi connectivity index (χ0n) is 13.8. The minimum Gasteiger partial charge on any atom is -0.344 e. The Morgan fingerprint density at radius 3 is 2.79 bits per heavy atom. The molecule has 3 N–H and O–H groups in total. The van der Waals surface area contributed by atoms with E-state index >= 15 is 0 Å². The largest absolute Gasteiger partial charge is 0.344 e. The highest BCUT2D eigenvalue weighted by Gasteiger charge is 2.29. The van der Waals surface area contributed by atoms with E-state index < -0.39 is 16.4 Å². The van der Waals surface area contributed by atoms with Gasteiger partial charge in [0.05, 0.1) is 22.3 Å². The van der Waals surface area contributed by atoms with E-state index in [1.54, 1.807) is 12.1 Å². The molecule has 0 saturated heterocycles. The lowest BCUT2D eigenvalue weighted by Gasteiger charge is -2.33. The summed E-state index contributed by atoms with van der Waals surface area (Å²) in [5.74, 6) is -0.258. The van der Waals surface area contributed by atoms with Crippen molar-refractivity contribution in [3.63, 3.8) is 0 Å². The molecule has 1 atom stereocenters. The fraction of sp³-hybridized carbons (Fsp3) is 0.400. The van der Waals surface area contributed by atoms with Crippen molar-refractivity contribution >= 4 is 11.6 Å². The molecule has 1 unspecified atom stereocenters. The quantitative estimate of drug-likeness (QED) is 0.605. The van der Waals surface area contributed by atoms with E-state index in [1.165, 1.54) is 23.0 Å². The lowest BCUT2D eigenvalue weighted by molar-refractivity contribution is -0.384. The van der Waals surface area contributed by atoms with Gasteiger partial charge >= 0.3 is 0 Å². The van der Waals surface area contributed by atoms with Crippen LogP contribution in [0.25, 0.3) is 5.69 Å². The van der Waals surface area contributed by atoms with Gasteiger partial charge in [0.1, 0.15) is 0 Å². The van der Waals surface area contributed by atoms with Crippen LogP contribution in [0.5, 0.6) is 0 Å². The third-order valence-electron chi connectivity index (χ3n) is 4.13. The first kappa shape index (κ1) is 17.5. The van der Waals surface area contributed by atoms with Gasteiger partial charge in [-0.1, -0.05) is 25.1 Å². The Morgan fingerprint density at radius 1 is 1.50 bits per heavy atom. The Morgan fingerprint density at radius 2 is 2.21 bits per heavy atom. The van der Waals surface area contributed by atoms with Crippen molar-refractivity contribution in [2.45, 2.75) is 26.3 Å². The summed E-state index contributed by atoms with van der Waals surface area (Å²) < 4.78 is 1.32. The second kappa shape index (κ2) is 6.75. The standard InChI is InChI=1S/C15H20N6O3/c1-10(2)15(3,9-16)17-14(22)13-8-20(19-18-13)11-5-4-6-12(7-11)21(23)24/h4-8,10H,9,16H2,1-3H3,(H,17,22). The highest BCUT2D eigenvalue weighted by molar-refractivity contribution is 5.92. The second-order valence-corrected chi connectivity index (χ2v) is 6.06. The summed E-state index contributed by atoms with van der Waals surface area (Å²) in [5, 5.41) is 21.4. The number of nitrogens with two attached hydrogens (primary N) is 1. The van der Waals surface area contributed by atoms with Crippen molar-refractivity contribution < 1.29 is 9.72 Å². The Labute approximate surface area is 139 Å². The van der Waals surface area contributed by atoms with Gasteiger partial charge in [-0.05, 0) is 18.9 Å². The van der Waals surface area contributed by atoms with Crippen molar-refractivity contribution in [1.82, 2.24) is 20.3 Å². The number of hydrogen-bond donors (Lipinski definition) is 2. The average Bonchev–Trinajstić information content (AvgIpc) is 3.04. The molecular weight excluding hydrogens is 312 g/mol. The van der Waals surface area contributed by atoms with Crippen molar-refractivity contribution in [2.24, 2.45) is 11.7 Å². The highest BCUT2D eigenvalue weighted by atomic mass is 16.6. The Balaban J connectivity index is 2.23. The maximum atomic E-state index is 12.4. The van der Waals surface area contributed by atoms with E-state index in [0.717, 1.165) is 0 Å². The Hall–Kier alpha value is -2.81. The Bertz CT molecular complexity index is 757. The molecule has 128 valence electrons. The molecule has 2 aromatic rings. The maximum Gasteiger partial charge on any atom is 0.273 e. The predicted octanol–water partition coefficient (Wildman–Crippen LogP) is 1.28. The molecule has 2 rings (SSSR count). The summed E-state index contributed by atoms with van der Waals surface area (Å²) >= 11 is 0. The summed E-state index contributed by atoms with van der Waals surface area (Å²) in [6, 6.07) is 5.92. The van der Waals surface area contributed by atoms with Crippen LogP contribution >= 0.6 is 0 Å². The van der Waals surface area contributed by atoms with Crippen LogP contribution in [-0.2, 0) is 0 Å². The second-order valence-electron chi connectivity index (χ2n) is 6.06. The van der Waals surface area contributed by atoms with Crippen molar-refractivity contribution in [3.8, 4) is 5.69 Å². The number of hydrogen-bond acceptors (Lipinski definition) is 6. The van der Waals surface area contributed by atoms with Gasteiger partial charge in [0.2, 0.25) is 0 Å². The molecular formula is C15H20N6O3. The number of carbonyl (C=O) groups excluding carboxylic acids is 1. The third-order valence-corrected chi connectivity index (χ3v) is 4.13. The van der Waals surface area contributed by atoms with E-state index in [-0.39, 0.29) is 23.8 Å². The number of non-ortho nitro benzene ring substituents is 1. The number of nitro benzene ring substituents is 1. The van der Waals surface area contributed by atoms with Crippen LogP contribution < -0.4 is 11.1 Å². The van der Waals surface area contributed by atoms with Gasteiger partial charge in [-0.15, -0.1) is 5.10 Å². The fourth-order valence-corrected chi connectivity index (χ4v) is 2.00. The first-order valence-corrected chi connectivity index (χ1v) is 7.46. The highest BCUT2D eigenvalue weighted by Crippen LogP contribution is 2.17. The molecule has 9 nitrogen and oxygen atoms in total. The lowest BCUT2D eigenvalue weighted by Crippen LogP contribution is -2.55. The molecule has 0 spiro atoms. The predicted molar refractivity (Wildman–Crippen MR) is 87.8 cm³/mol. The summed E-state index contributed by atoms with van der Waals surface area (Å²) in [6.07, 6.45) is 1.42.